The number of anilines is 1. The number of ether oxygens (including phenoxy) is 2. The van der Waals surface area contributed by atoms with Crippen LogP contribution >= 0.6 is 0 Å². The molecule has 1 N–H and O–H groups in total. The van der Waals surface area contributed by atoms with Crippen molar-refractivity contribution in [1.29, 1.82) is 0 Å². The Morgan fingerprint density at radius 3 is 2.31 bits per heavy atom. The van der Waals surface area contributed by atoms with E-state index in [1.807, 2.05) is 54.6 Å². The molecule has 0 aliphatic heterocycles. The molecule has 0 spiro atoms. The molecular formula is C35H31N3O4. The van der Waals surface area contributed by atoms with Gasteiger partial charge in [-0.2, -0.15) is 4.57 Å². The maximum absolute atomic E-state index is 12.4. The molecule has 0 atom stereocenters. The van der Waals surface area contributed by atoms with Gasteiger partial charge in [0.05, 0.1) is 24.7 Å². The Bertz CT molecular complexity index is 1620. The Balaban J connectivity index is 1.09. The van der Waals surface area contributed by atoms with Crippen molar-refractivity contribution in [3.63, 3.8) is 0 Å². The Labute approximate surface area is 245 Å². The maximum Gasteiger partial charge on any atom is 0.342 e. The molecule has 0 radical (unpaired) electrons. The van der Waals surface area contributed by atoms with E-state index in [0.717, 1.165) is 17.7 Å². The molecule has 0 amide bonds. The average molecular weight is 558 g/mol. The summed E-state index contributed by atoms with van der Waals surface area (Å²) in [5, 5.41) is 15.2. The molecule has 0 unspecified atom stereocenters. The third-order valence-corrected chi connectivity index (χ3v) is 6.53. The highest BCUT2D eigenvalue weighted by atomic mass is 16.5. The highest BCUT2D eigenvalue weighted by Gasteiger charge is 2.10. The van der Waals surface area contributed by atoms with Crippen LogP contribution in [0.3, 0.4) is 0 Å². The van der Waals surface area contributed by atoms with Crippen molar-refractivity contribution in [2.75, 3.05) is 11.9 Å². The molecule has 4 aromatic carbocycles. The van der Waals surface area contributed by atoms with Gasteiger partial charge < -0.3 is 19.9 Å². The van der Waals surface area contributed by atoms with Gasteiger partial charge in [-0.1, -0.05) is 72.8 Å². The van der Waals surface area contributed by atoms with E-state index >= 15 is 0 Å². The average Bonchev–Trinajstić information content (AvgIpc) is 3.05. The molecule has 5 rings (SSSR count). The SMILES string of the molecule is O=C(OC[n+]1cccc(CN=C([O-])Nc2ccc(OCCc3ccccc3-c3ccccc3)cc2)c1)c1ccccc1. The number of nitrogens with one attached hydrogen (secondary N) is 1. The van der Waals surface area contributed by atoms with Crippen molar-refractivity contribution in [2.45, 2.75) is 19.7 Å². The number of aromatic nitrogens is 1. The second-order valence-corrected chi connectivity index (χ2v) is 9.55. The molecule has 210 valence electrons. The summed E-state index contributed by atoms with van der Waals surface area (Å²) in [5.41, 5.74) is 5.55. The van der Waals surface area contributed by atoms with Crippen molar-refractivity contribution in [3.05, 3.63) is 150 Å². The lowest BCUT2D eigenvalue weighted by Gasteiger charge is -2.14. The summed E-state index contributed by atoms with van der Waals surface area (Å²) >= 11 is 0. The summed E-state index contributed by atoms with van der Waals surface area (Å²) in [6.45, 7) is 0.778. The molecule has 0 aliphatic carbocycles. The monoisotopic (exact) mass is 557 g/mol. The zero-order valence-corrected chi connectivity index (χ0v) is 23.1. The van der Waals surface area contributed by atoms with Gasteiger partial charge in [-0.25, -0.2) is 4.79 Å². The van der Waals surface area contributed by atoms with Gasteiger partial charge in [0.15, 0.2) is 12.4 Å². The number of aliphatic imine (C=N–C) groups is 1. The number of carbonyl (C=O) groups excluding carboxylic acids is 1. The van der Waals surface area contributed by atoms with E-state index < -0.39 is 12.0 Å². The number of benzene rings is 4. The lowest BCUT2D eigenvalue weighted by atomic mass is 9.98. The van der Waals surface area contributed by atoms with Crippen LogP contribution in [-0.2, 0) is 24.4 Å². The highest BCUT2D eigenvalue weighted by Crippen LogP contribution is 2.24. The largest absolute Gasteiger partial charge is 0.846 e. The van der Waals surface area contributed by atoms with Crippen molar-refractivity contribution in [1.82, 2.24) is 0 Å². The Hall–Kier alpha value is -5.43. The van der Waals surface area contributed by atoms with Crippen molar-refractivity contribution < 1.29 is 23.9 Å². The number of rotatable bonds is 11. The Kier molecular flexibility index (Phi) is 9.55. The first kappa shape index (κ1) is 28.1. The molecular weight excluding hydrogens is 526 g/mol. The maximum atomic E-state index is 12.4. The Morgan fingerprint density at radius 1 is 0.810 bits per heavy atom. The topological polar surface area (TPSA) is 86.9 Å². The first-order valence-corrected chi connectivity index (χ1v) is 13.7. The third-order valence-electron chi connectivity index (χ3n) is 6.53. The van der Waals surface area contributed by atoms with Crippen LogP contribution < -0.4 is 19.7 Å². The predicted octanol–water partition coefficient (Wildman–Crippen LogP) is 5.41. The number of amidine groups is 1. The fourth-order valence-corrected chi connectivity index (χ4v) is 4.42. The van der Waals surface area contributed by atoms with E-state index in [0.29, 0.717) is 17.9 Å². The summed E-state index contributed by atoms with van der Waals surface area (Å²) in [7, 11) is 0. The lowest BCUT2D eigenvalue weighted by molar-refractivity contribution is -0.727. The van der Waals surface area contributed by atoms with E-state index in [1.54, 1.807) is 53.4 Å². The van der Waals surface area contributed by atoms with Gasteiger partial charge in [0.25, 0.3) is 6.73 Å². The number of nitrogens with zero attached hydrogens (tertiary/aromatic N) is 2. The molecule has 0 aliphatic rings. The van der Waals surface area contributed by atoms with E-state index in [2.05, 4.69) is 40.6 Å². The number of hydrogen-bond acceptors (Lipinski definition) is 5. The smallest absolute Gasteiger partial charge is 0.342 e. The summed E-state index contributed by atoms with van der Waals surface area (Å²) in [6, 6.07) is 38.0. The number of esters is 1. The standard InChI is InChI=1S/C35H31N3O4/c39-34(30-14-5-2-6-15-30)42-26-38-22-9-10-27(25-38)24-36-35(40)37-31-17-19-32(20-18-31)41-23-21-29-13-7-8-16-33(29)28-11-3-1-4-12-28/h1-20,22,25H,21,23-24,26H2,(H-,36,37,40). The van der Waals surface area contributed by atoms with Crippen molar-refractivity contribution in [2.24, 2.45) is 4.99 Å². The minimum Gasteiger partial charge on any atom is -0.846 e. The second kappa shape index (κ2) is 14.3. The Morgan fingerprint density at radius 2 is 1.52 bits per heavy atom. The predicted molar refractivity (Wildman–Crippen MR) is 161 cm³/mol. The van der Waals surface area contributed by atoms with Gasteiger partial charge in [0, 0.05) is 23.7 Å². The van der Waals surface area contributed by atoms with Crippen LogP contribution in [0.1, 0.15) is 21.5 Å². The molecule has 42 heavy (non-hydrogen) atoms. The zero-order valence-electron chi connectivity index (χ0n) is 23.1. The minimum absolute atomic E-state index is 0.0573. The fraction of sp³-hybridized carbons (Fsp3) is 0.114. The molecule has 0 saturated heterocycles. The van der Waals surface area contributed by atoms with Gasteiger partial charge in [-0.3, -0.25) is 4.99 Å². The molecule has 7 heteroatoms. The van der Waals surface area contributed by atoms with Crippen LogP contribution in [-0.4, -0.2) is 18.6 Å². The lowest BCUT2D eigenvalue weighted by Crippen LogP contribution is -2.36. The van der Waals surface area contributed by atoms with E-state index in [1.165, 1.54) is 16.7 Å². The molecule has 0 fully saturated rings. The van der Waals surface area contributed by atoms with Gasteiger partial charge in [-0.15, -0.1) is 0 Å². The van der Waals surface area contributed by atoms with Gasteiger partial charge in [-0.05, 0) is 59.2 Å². The van der Waals surface area contributed by atoms with E-state index in [4.69, 9.17) is 9.47 Å². The normalized spacial score (nSPS) is 11.1. The third kappa shape index (κ3) is 8.05. The van der Waals surface area contributed by atoms with E-state index in [-0.39, 0.29) is 13.3 Å². The van der Waals surface area contributed by atoms with Crippen LogP contribution in [0.2, 0.25) is 0 Å². The van der Waals surface area contributed by atoms with Crippen LogP contribution in [0.25, 0.3) is 11.1 Å². The quantitative estimate of drug-likeness (QED) is 0.102. The van der Waals surface area contributed by atoms with Gasteiger partial charge in [0.1, 0.15) is 5.75 Å². The first-order valence-electron chi connectivity index (χ1n) is 13.7. The second-order valence-electron chi connectivity index (χ2n) is 9.55. The van der Waals surface area contributed by atoms with E-state index in [9.17, 15) is 9.90 Å². The summed E-state index contributed by atoms with van der Waals surface area (Å²) in [5.74, 6) is 0.325. The fourth-order valence-electron chi connectivity index (χ4n) is 4.42. The number of hydrogen-bond donors (Lipinski definition) is 1. The highest BCUT2D eigenvalue weighted by molar-refractivity contribution is 5.89. The van der Waals surface area contributed by atoms with Crippen molar-refractivity contribution in [3.8, 4) is 16.9 Å². The molecule has 1 aromatic heterocycles. The molecule has 1 heterocycles. The van der Waals surface area contributed by atoms with Crippen LogP contribution in [0.4, 0.5) is 5.69 Å². The van der Waals surface area contributed by atoms with Crippen LogP contribution in [0.5, 0.6) is 5.75 Å². The van der Waals surface area contributed by atoms with Gasteiger partial charge >= 0.3 is 5.97 Å². The molecule has 0 saturated carbocycles. The van der Waals surface area contributed by atoms with Gasteiger partial charge in [0.2, 0.25) is 0 Å². The summed E-state index contributed by atoms with van der Waals surface area (Å²) in [6.07, 6.45) is 4.35. The number of carbonyl (C=O) groups is 1. The summed E-state index contributed by atoms with van der Waals surface area (Å²) in [4.78, 5) is 16.3. The van der Waals surface area contributed by atoms with Crippen LogP contribution in [0, 0.1) is 0 Å². The number of pyridine rings is 1. The molecule has 7 nitrogen and oxygen atoms in total. The summed E-state index contributed by atoms with van der Waals surface area (Å²) < 4.78 is 13.0. The molecule has 5 aromatic rings. The molecule has 0 bridgehead atoms. The minimum atomic E-state index is -0.452. The van der Waals surface area contributed by atoms with Crippen molar-refractivity contribution >= 4 is 17.7 Å². The zero-order chi connectivity index (χ0) is 29.0. The first-order chi connectivity index (χ1) is 20.6. The van der Waals surface area contributed by atoms with Crippen LogP contribution in [0.15, 0.2) is 139 Å².